The number of carboxylic acids is 1. The molecule has 4 rings (SSSR count). The number of anilines is 1. The van der Waals surface area contributed by atoms with Crippen molar-refractivity contribution in [2.45, 2.75) is 23.1 Å². The van der Waals surface area contributed by atoms with E-state index in [1.165, 1.54) is 6.08 Å². The number of piperazine rings is 1. The van der Waals surface area contributed by atoms with Gasteiger partial charge in [0.15, 0.2) is 9.84 Å². The van der Waals surface area contributed by atoms with Gasteiger partial charge in [-0.15, -0.1) is 6.58 Å². The zero-order chi connectivity index (χ0) is 22.2. The summed E-state index contributed by atoms with van der Waals surface area (Å²) >= 11 is 5.97. The molecule has 6 nitrogen and oxygen atoms in total. The number of halogens is 1. The lowest BCUT2D eigenvalue weighted by atomic mass is 10.1. The van der Waals surface area contributed by atoms with Gasteiger partial charge in [-0.25, -0.2) is 8.42 Å². The van der Waals surface area contributed by atoms with Crippen LogP contribution in [0.5, 0.6) is 0 Å². The number of carbonyl (C=O) groups is 1. The molecule has 1 heterocycles. The fourth-order valence-corrected chi connectivity index (χ4v) is 6.62. The maximum Gasteiger partial charge on any atom is 0.307 e. The summed E-state index contributed by atoms with van der Waals surface area (Å²) in [6.07, 6.45) is 2.09. The van der Waals surface area contributed by atoms with E-state index in [-0.39, 0.29) is 11.3 Å². The first-order valence-electron chi connectivity index (χ1n) is 10.3. The molecule has 0 saturated carbocycles. The molecule has 2 aliphatic rings. The van der Waals surface area contributed by atoms with Gasteiger partial charge < -0.3 is 10.0 Å². The minimum atomic E-state index is -3.73. The average Bonchev–Trinajstić information content (AvgIpc) is 3.20. The van der Waals surface area contributed by atoms with Crippen molar-refractivity contribution in [2.24, 2.45) is 5.92 Å². The van der Waals surface area contributed by atoms with Gasteiger partial charge in [-0.2, -0.15) is 0 Å². The highest BCUT2D eigenvalue weighted by molar-refractivity contribution is 7.92. The van der Waals surface area contributed by atoms with Gasteiger partial charge >= 0.3 is 5.97 Å². The Balaban J connectivity index is 1.54. The van der Waals surface area contributed by atoms with Gasteiger partial charge in [0.2, 0.25) is 0 Å². The first-order chi connectivity index (χ1) is 14.8. The molecule has 1 saturated heterocycles. The van der Waals surface area contributed by atoms with Gasteiger partial charge in [0.25, 0.3) is 0 Å². The van der Waals surface area contributed by atoms with Crippen molar-refractivity contribution >= 4 is 33.1 Å². The Kier molecular flexibility index (Phi) is 6.10. The first kappa shape index (κ1) is 21.9. The van der Waals surface area contributed by atoms with Gasteiger partial charge in [-0.3, -0.25) is 9.69 Å². The lowest BCUT2D eigenvalue weighted by Gasteiger charge is -2.39. The minimum Gasteiger partial charge on any atom is -0.481 e. The molecule has 0 bridgehead atoms. The highest BCUT2D eigenvalue weighted by atomic mass is 35.5. The van der Waals surface area contributed by atoms with Crippen molar-refractivity contribution in [1.29, 1.82) is 0 Å². The summed E-state index contributed by atoms with van der Waals surface area (Å²) in [4.78, 5) is 15.8. The van der Waals surface area contributed by atoms with E-state index in [4.69, 9.17) is 11.6 Å². The summed E-state index contributed by atoms with van der Waals surface area (Å²) in [5.74, 6) is -1.46. The number of sulfone groups is 1. The molecule has 164 valence electrons. The van der Waals surface area contributed by atoms with E-state index in [1.807, 2.05) is 35.2 Å². The molecule has 0 radical (unpaired) electrons. The topological polar surface area (TPSA) is 77.9 Å². The largest absolute Gasteiger partial charge is 0.481 e. The van der Waals surface area contributed by atoms with Crippen molar-refractivity contribution in [3.8, 4) is 0 Å². The van der Waals surface area contributed by atoms with Crippen LogP contribution >= 0.6 is 11.6 Å². The first-order valence-corrected chi connectivity index (χ1v) is 12.2. The molecule has 1 aliphatic carbocycles. The Morgan fingerprint density at radius 3 is 2.39 bits per heavy atom. The van der Waals surface area contributed by atoms with E-state index >= 15 is 0 Å². The molecule has 0 spiro atoms. The number of rotatable bonds is 6. The molecule has 8 heteroatoms. The number of fused-ring (bicyclic) bond motifs is 1. The van der Waals surface area contributed by atoms with Crippen LogP contribution in [0.25, 0.3) is 0 Å². The standard InChI is InChI=1S/C23H25ClN2O4S/c1-2-22(26-12-10-25(11-13-26)19-8-6-18(24)7-9-19)31(29,30)21-5-3-4-16-14-17(23(27)28)15-20(16)21/h2-9,17,22H,1,10-15H2,(H,27,28). The monoisotopic (exact) mass is 460 g/mol. The van der Waals surface area contributed by atoms with Crippen molar-refractivity contribution < 1.29 is 18.3 Å². The van der Waals surface area contributed by atoms with Crippen LogP contribution in [0.4, 0.5) is 5.69 Å². The Morgan fingerprint density at radius 1 is 1.10 bits per heavy atom. The maximum atomic E-state index is 13.6. The highest BCUT2D eigenvalue weighted by Gasteiger charge is 2.37. The van der Waals surface area contributed by atoms with E-state index in [0.29, 0.717) is 43.2 Å². The molecule has 1 N–H and O–H groups in total. The summed E-state index contributed by atoms with van der Waals surface area (Å²) in [5, 5.41) is 9.22. The van der Waals surface area contributed by atoms with Crippen molar-refractivity contribution in [3.05, 3.63) is 71.3 Å². The normalized spacial score (nSPS) is 20.3. The number of benzene rings is 2. The predicted octanol–water partition coefficient (Wildman–Crippen LogP) is 3.25. The summed E-state index contributed by atoms with van der Waals surface area (Å²) in [5.41, 5.74) is 2.51. The number of aliphatic carboxylic acids is 1. The van der Waals surface area contributed by atoms with Crippen LogP contribution < -0.4 is 4.90 Å². The van der Waals surface area contributed by atoms with Gasteiger partial charge in [-0.05, 0) is 54.3 Å². The second-order valence-electron chi connectivity index (χ2n) is 8.01. The van der Waals surface area contributed by atoms with Crippen LogP contribution in [0.1, 0.15) is 11.1 Å². The fourth-order valence-electron chi connectivity index (χ4n) is 4.55. The third kappa shape index (κ3) is 4.22. The predicted molar refractivity (Wildman–Crippen MR) is 121 cm³/mol. The van der Waals surface area contributed by atoms with Crippen molar-refractivity contribution in [2.75, 3.05) is 31.1 Å². The van der Waals surface area contributed by atoms with E-state index in [1.54, 1.807) is 12.1 Å². The van der Waals surface area contributed by atoms with E-state index in [2.05, 4.69) is 11.5 Å². The van der Waals surface area contributed by atoms with Crippen molar-refractivity contribution in [3.63, 3.8) is 0 Å². The Bertz CT molecular complexity index is 1090. The summed E-state index contributed by atoms with van der Waals surface area (Å²) in [7, 11) is -3.73. The second-order valence-corrected chi connectivity index (χ2v) is 10.5. The Labute approximate surface area is 187 Å². The number of carboxylic acid groups (broad SMARTS) is 1. The minimum absolute atomic E-state index is 0.235. The fraction of sp³-hybridized carbons (Fsp3) is 0.348. The summed E-state index contributed by atoms with van der Waals surface area (Å²) < 4.78 is 27.2. The third-order valence-corrected chi connectivity index (χ3v) is 8.56. The Hall–Kier alpha value is -2.35. The smallest absolute Gasteiger partial charge is 0.307 e. The lowest BCUT2D eigenvalue weighted by Crippen LogP contribution is -2.52. The lowest BCUT2D eigenvalue weighted by molar-refractivity contribution is -0.141. The molecular weight excluding hydrogens is 436 g/mol. The summed E-state index contributed by atoms with van der Waals surface area (Å²) in [6, 6.07) is 12.7. The van der Waals surface area contributed by atoms with Crippen LogP contribution in [-0.2, 0) is 27.5 Å². The number of hydrogen-bond acceptors (Lipinski definition) is 5. The van der Waals surface area contributed by atoms with Gasteiger partial charge in [-0.1, -0.05) is 29.8 Å². The molecule has 1 aliphatic heterocycles. The maximum absolute atomic E-state index is 13.6. The molecule has 2 atom stereocenters. The van der Waals surface area contributed by atoms with E-state index < -0.39 is 27.1 Å². The third-order valence-electron chi connectivity index (χ3n) is 6.19. The van der Waals surface area contributed by atoms with Crippen LogP contribution in [0, 0.1) is 5.92 Å². The van der Waals surface area contributed by atoms with Crippen molar-refractivity contribution in [1.82, 2.24) is 4.90 Å². The van der Waals surface area contributed by atoms with Crippen LogP contribution in [0.3, 0.4) is 0 Å². The second kappa shape index (κ2) is 8.65. The van der Waals surface area contributed by atoms with Gasteiger partial charge in [0.1, 0.15) is 5.37 Å². The van der Waals surface area contributed by atoms with E-state index in [9.17, 15) is 18.3 Å². The zero-order valence-corrected chi connectivity index (χ0v) is 18.6. The molecule has 1 fully saturated rings. The Morgan fingerprint density at radius 2 is 1.77 bits per heavy atom. The van der Waals surface area contributed by atoms with E-state index in [0.717, 1.165) is 11.3 Å². The molecule has 2 aromatic carbocycles. The van der Waals surface area contributed by atoms with Gasteiger partial charge in [0.05, 0.1) is 10.8 Å². The molecule has 0 amide bonds. The molecular formula is C23H25ClN2O4S. The number of nitrogens with zero attached hydrogens (tertiary/aromatic N) is 2. The molecule has 0 aromatic heterocycles. The number of hydrogen-bond donors (Lipinski definition) is 1. The summed E-state index contributed by atoms with van der Waals surface area (Å²) in [6.45, 7) is 6.34. The SMILES string of the molecule is C=CC(N1CCN(c2ccc(Cl)cc2)CC1)S(=O)(=O)c1cccc2c1CC(C(=O)O)C2. The zero-order valence-electron chi connectivity index (χ0n) is 17.1. The molecule has 2 aromatic rings. The average molecular weight is 461 g/mol. The van der Waals surface area contributed by atoms with Crippen LogP contribution in [-0.4, -0.2) is 55.9 Å². The highest BCUT2D eigenvalue weighted by Crippen LogP contribution is 2.34. The van der Waals surface area contributed by atoms with Crippen LogP contribution in [0.15, 0.2) is 60.0 Å². The molecule has 2 unspecified atom stereocenters. The van der Waals surface area contributed by atoms with Crippen LogP contribution in [0.2, 0.25) is 5.02 Å². The quantitative estimate of drug-likeness (QED) is 0.667. The molecule has 31 heavy (non-hydrogen) atoms. The van der Waals surface area contributed by atoms with Gasteiger partial charge in [0, 0.05) is 36.9 Å².